The largest absolute Gasteiger partial charge is 0.383 e. The van der Waals surface area contributed by atoms with Crippen molar-refractivity contribution in [3.63, 3.8) is 0 Å². The molecule has 2 amide bonds. The van der Waals surface area contributed by atoms with Crippen molar-refractivity contribution < 1.29 is 19.1 Å². The number of para-hydroxylation sites is 1. The number of likely N-dealkylation sites (tertiary alicyclic amines) is 1. The van der Waals surface area contributed by atoms with Crippen LogP contribution in [0.4, 0.5) is 5.69 Å². The molecule has 3 aliphatic heterocycles. The number of ketones is 1. The monoisotopic (exact) mass is 450 g/mol. The Balaban J connectivity index is 1.64. The molecule has 7 heteroatoms. The fourth-order valence-electron chi connectivity index (χ4n) is 5.35. The topological polar surface area (TPSA) is 66.9 Å². The Bertz CT molecular complexity index is 1140. The predicted molar refractivity (Wildman–Crippen MR) is 122 cm³/mol. The highest BCUT2D eigenvalue weighted by Crippen LogP contribution is 2.50. The van der Waals surface area contributed by atoms with E-state index in [-0.39, 0.29) is 36.8 Å². The van der Waals surface area contributed by atoms with E-state index >= 15 is 0 Å². The molecule has 164 valence electrons. The smallest absolute Gasteiger partial charge is 0.235 e. The number of nitrogens with zero attached hydrogens (tertiary/aromatic N) is 2. The molecule has 4 atom stereocenters. The number of hydrogen-bond acceptors (Lipinski definition) is 5. The van der Waals surface area contributed by atoms with Gasteiger partial charge in [-0.15, -0.1) is 0 Å². The molecule has 3 aliphatic rings. The summed E-state index contributed by atoms with van der Waals surface area (Å²) in [7, 11) is 1.53. The summed E-state index contributed by atoms with van der Waals surface area (Å²) >= 11 is 6.02. The molecule has 0 bridgehead atoms. The number of Topliss-reactive ketones (excluding diaryl/α,β-unsaturated/α-hetero) is 1. The third-order valence-electron chi connectivity index (χ3n) is 6.76. The molecular weight excluding hydrogens is 428 g/mol. The van der Waals surface area contributed by atoms with E-state index in [2.05, 4.69) is 0 Å². The summed E-state index contributed by atoms with van der Waals surface area (Å²) in [5, 5.41) is 0.531. The normalized spacial score (nSPS) is 26.0. The van der Waals surface area contributed by atoms with Gasteiger partial charge in [-0.05, 0) is 42.8 Å². The zero-order chi connectivity index (χ0) is 22.6. The highest BCUT2D eigenvalue weighted by molar-refractivity contribution is 6.30. The molecule has 0 saturated carbocycles. The number of benzene rings is 2. The summed E-state index contributed by atoms with van der Waals surface area (Å²) in [6.45, 7) is 2.46. The standard InChI is InChI=1S/C25H23ClN2O4/c1-14-13-19-20-21(25(31)27(24(20)30)11-12-32-2)22(23(29)15-7-9-16(26)10-8-15)28(19)18-6-4-3-5-17(14)18/h3-10,13,19-22H,11-12H2,1-2H3/t19-,20+,21-,22-/m1/s1. The third kappa shape index (κ3) is 3.01. The second-order valence-corrected chi connectivity index (χ2v) is 8.89. The van der Waals surface area contributed by atoms with Crippen molar-refractivity contribution in [3.8, 4) is 0 Å². The molecule has 0 aliphatic carbocycles. The number of fused-ring (bicyclic) bond motifs is 5. The van der Waals surface area contributed by atoms with Gasteiger partial charge in [0, 0.05) is 28.9 Å². The lowest BCUT2D eigenvalue weighted by Crippen LogP contribution is -2.49. The molecule has 3 heterocycles. The zero-order valence-electron chi connectivity index (χ0n) is 17.8. The van der Waals surface area contributed by atoms with Crippen molar-refractivity contribution in [2.75, 3.05) is 25.2 Å². The van der Waals surface area contributed by atoms with Gasteiger partial charge in [-0.1, -0.05) is 35.9 Å². The summed E-state index contributed by atoms with van der Waals surface area (Å²) in [5.41, 5.74) is 3.39. The fourth-order valence-corrected chi connectivity index (χ4v) is 5.47. The van der Waals surface area contributed by atoms with E-state index in [9.17, 15) is 14.4 Å². The Morgan fingerprint density at radius 3 is 2.44 bits per heavy atom. The van der Waals surface area contributed by atoms with Crippen LogP contribution < -0.4 is 4.90 Å². The molecule has 6 nitrogen and oxygen atoms in total. The maximum Gasteiger partial charge on any atom is 0.235 e. The second-order valence-electron chi connectivity index (χ2n) is 8.45. The molecule has 0 unspecified atom stereocenters. The Labute approximate surface area is 191 Å². The van der Waals surface area contributed by atoms with E-state index in [0.29, 0.717) is 10.6 Å². The van der Waals surface area contributed by atoms with E-state index < -0.39 is 17.9 Å². The summed E-state index contributed by atoms with van der Waals surface area (Å²) in [6.07, 6.45) is 2.03. The Hall–Kier alpha value is -2.96. The summed E-state index contributed by atoms with van der Waals surface area (Å²) in [6, 6.07) is 13.4. The molecule has 0 radical (unpaired) electrons. The summed E-state index contributed by atoms with van der Waals surface area (Å²) in [4.78, 5) is 43.9. The lowest BCUT2D eigenvalue weighted by Gasteiger charge is -2.38. The number of methoxy groups -OCH3 is 1. The van der Waals surface area contributed by atoms with Crippen LogP contribution in [0.2, 0.25) is 5.02 Å². The predicted octanol–water partition coefficient (Wildman–Crippen LogP) is 3.44. The van der Waals surface area contributed by atoms with Gasteiger partial charge in [-0.3, -0.25) is 19.3 Å². The van der Waals surface area contributed by atoms with Crippen LogP contribution in [0, 0.1) is 11.8 Å². The van der Waals surface area contributed by atoms with Crippen LogP contribution in [0.1, 0.15) is 22.8 Å². The van der Waals surface area contributed by atoms with E-state index in [1.165, 1.54) is 12.0 Å². The molecule has 2 aromatic carbocycles. The molecule has 0 spiro atoms. The molecule has 2 saturated heterocycles. The van der Waals surface area contributed by atoms with Crippen molar-refractivity contribution >= 4 is 40.5 Å². The number of rotatable bonds is 5. The third-order valence-corrected chi connectivity index (χ3v) is 7.01. The highest BCUT2D eigenvalue weighted by atomic mass is 35.5. The minimum absolute atomic E-state index is 0.184. The zero-order valence-corrected chi connectivity index (χ0v) is 18.6. The van der Waals surface area contributed by atoms with Gasteiger partial charge in [-0.25, -0.2) is 0 Å². The van der Waals surface area contributed by atoms with Gasteiger partial charge in [0.1, 0.15) is 6.04 Å². The number of allylic oxidation sites excluding steroid dienone is 1. The number of amides is 2. The van der Waals surface area contributed by atoms with E-state index in [1.807, 2.05) is 42.2 Å². The molecule has 0 aromatic heterocycles. The van der Waals surface area contributed by atoms with Crippen molar-refractivity contribution in [3.05, 3.63) is 70.8 Å². The van der Waals surface area contributed by atoms with Gasteiger partial charge in [0.05, 0.1) is 31.0 Å². The first-order valence-electron chi connectivity index (χ1n) is 10.6. The van der Waals surface area contributed by atoms with Crippen LogP contribution in [0.15, 0.2) is 54.6 Å². The molecule has 5 rings (SSSR count). The Morgan fingerprint density at radius 2 is 1.72 bits per heavy atom. The first-order chi connectivity index (χ1) is 15.4. The van der Waals surface area contributed by atoms with E-state index in [0.717, 1.165) is 16.8 Å². The fraction of sp³-hybridized carbons (Fsp3) is 0.320. The van der Waals surface area contributed by atoms with Gasteiger partial charge in [0.25, 0.3) is 0 Å². The number of ether oxygens (including phenoxy) is 1. The Morgan fingerprint density at radius 1 is 1.03 bits per heavy atom. The summed E-state index contributed by atoms with van der Waals surface area (Å²) < 4.78 is 5.10. The van der Waals surface area contributed by atoms with Crippen LogP contribution in [0.5, 0.6) is 0 Å². The van der Waals surface area contributed by atoms with E-state index in [1.54, 1.807) is 24.3 Å². The van der Waals surface area contributed by atoms with Crippen LogP contribution in [-0.4, -0.2) is 54.8 Å². The van der Waals surface area contributed by atoms with Crippen molar-refractivity contribution in [2.24, 2.45) is 11.8 Å². The van der Waals surface area contributed by atoms with Gasteiger partial charge in [-0.2, -0.15) is 0 Å². The number of halogens is 1. The van der Waals surface area contributed by atoms with Crippen LogP contribution in [0.3, 0.4) is 0 Å². The minimum Gasteiger partial charge on any atom is -0.383 e. The van der Waals surface area contributed by atoms with Crippen molar-refractivity contribution in [2.45, 2.75) is 19.0 Å². The molecule has 32 heavy (non-hydrogen) atoms. The maximum atomic E-state index is 13.8. The quantitative estimate of drug-likeness (QED) is 0.515. The van der Waals surface area contributed by atoms with E-state index in [4.69, 9.17) is 16.3 Å². The van der Waals surface area contributed by atoms with Crippen LogP contribution >= 0.6 is 11.6 Å². The van der Waals surface area contributed by atoms with Crippen LogP contribution in [0.25, 0.3) is 5.57 Å². The average molecular weight is 451 g/mol. The number of hydrogen-bond donors (Lipinski definition) is 0. The van der Waals surface area contributed by atoms with Crippen LogP contribution in [-0.2, 0) is 14.3 Å². The van der Waals surface area contributed by atoms with Gasteiger partial charge < -0.3 is 9.64 Å². The van der Waals surface area contributed by atoms with Gasteiger partial charge in [0.2, 0.25) is 11.8 Å². The minimum atomic E-state index is -0.777. The van der Waals surface area contributed by atoms with Gasteiger partial charge in [0.15, 0.2) is 5.78 Å². The molecule has 2 aromatic rings. The molecule has 0 N–H and O–H groups in total. The number of imide groups is 1. The number of anilines is 1. The molecule has 2 fully saturated rings. The first kappa shape index (κ1) is 20.9. The number of carbonyl (C=O) groups is 3. The van der Waals surface area contributed by atoms with Crippen molar-refractivity contribution in [1.29, 1.82) is 0 Å². The second kappa shape index (κ2) is 7.87. The maximum absolute atomic E-state index is 13.8. The number of carbonyl (C=O) groups excluding carboxylic acids is 3. The SMILES string of the molecule is COCCN1C(=O)[C@@H]2[C@@H](C1=O)[C@H](C(=O)c1ccc(Cl)cc1)N1c3ccccc3C(C)=C[C@H]21. The van der Waals surface area contributed by atoms with Crippen molar-refractivity contribution in [1.82, 2.24) is 4.90 Å². The highest BCUT2D eigenvalue weighted by Gasteiger charge is 2.64. The lowest BCUT2D eigenvalue weighted by molar-refractivity contribution is -0.141. The molecular formula is C25H23ClN2O4. The average Bonchev–Trinajstić information content (AvgIpc) is 3.25. The summed E-state index contributed by atoms with van der Waals surface area (Å²) in [5.74, 6) is -2.08. The lowest BCUT2D eigenvalue weighted by atomic mass is 9.85. The Kier molecular flexibility index (Phi) is 5.14. The first-order valence-corrected chi connectivity index (χ1v) is 11.0. The van der Waals surface area contributed by atoms with Gasteiger partial charge >= 0.3 is 0 Å².